The van der Waals surface area contributed by atoms with E-state index < -0.39 is 6.10 Å². The molecule has 0 heterocycles. The highest BCUT2D eigenvalue weighted by Crippen LogP contribution is 2.27. The lowest BCUT2D eigenvalue weighted by atomic mass is 10.0. The van der Waals surface area contributed by atoms with Gasteiger partial charge in [0.2, 0.25) is 0 Å². The van der Waals surface area contributed by atoms with E-state index in [9.17, 15) is 4.79 Å². The molecule has 3 aromatic rings. The average molecular weight is 331 g/mol. The van der Waals surface area contributed by atoms with Crippen molar-refractivity contribution < 1.29 is 9.53 Å². The van der Waals surface area contributed by atoms with Crippen LogP contribution in [0.1, 0.15) is 12.5 Å². The number of hydrogen-bond acceptors (Lipinski definition) is 2. The number of carbonyl (C=O) groups excluding carboxylic acids is 1. The van der Waals surface area contributed by atoms with Crippen LogP contribution in [0, 0.1) is 6.92 Å². The van der Waals surface area contributed by atoms with Crippen molar-refractivity contribution in [3.05, 3.63) is 84.4 Å². The molecule has 1 atom stereocenters. The fourth-order valence-corrected chi connectivity index (χ4v) is 2.57. The number of anilines is 1. The Balaban J connectivity index is 1.74. The van der Waals surface area contributed by atoms with Gasteiger partial charge in [-0.05, 0) is 37.6 Å². The molecule has 0 saturated carbocycles. The molecule has 3 nitrogen and oxygen atoms in total. The number of nitrogens with one attached hydrogen (secondary N) is 1. The summed E-state index contributed by atoms with van der Waals surface area (Å²) in [6.07, 6.45) is -0.591. The number of carbonyl (C=O) groups is 1. The third kappa shape index (κ3) is 4.27. The van der Waals surface area contributed by atoms with Gasteiger partial charge in [0, 0.05) is 11.3 Å². The number of amides is 1. The van der Waals surface area contributed by atoms with Crippen LogP contribution >= 0.6 is 0 Å². The minimum absolute atomic E-state index is 0.177. The Labute approximate surface area is 148 Å². The van der Waals surface area contributed by atoms with Crippen LogP contribution in [0.25, 0.3) is 11.1 Å². The summed E-state index contributed by atoms with van der Waals surface area (Å²) in [6, 6.07) is 25.4. The van der Waals surface area contributed by atoms with Crippen LogP contribution in [0.15, 0.2) is 78.9 Å². The quantitative estimate of drug-likeness (QED) is 0.709. The Morgan fingerprint density at radius 3 is 2.24 bits per heavy atom. The lowest BCUT2D eigenvalue weighted by molar-refractivity contribution is -0.122. The molecule has 0 aliphatic rings. The molecule has 3 aromatic carbocycles. The molecule has 1 amide bonds. The van der Waals surface area contributed by atoms with E-state index in [-0.39, 0.29) is 5.91 Å². The van der Waals surface area contributed by atoms with Crippen LogP contribution in [0.2, 0.25) is 0 Å². The fraction of sp³-hybridized carbons (Fsp3) is 0.136. The van der Waals surface area contributed by atoms with Crippen molar-refractivity contribution in [3.63, 3.8) is 0 Å². The van der Waals surface area contributed by atoms with Crippen molar-refractivity contribution in [2.24, 2.45) is 0 Å². The summed E-state index contributed by atoms with van der Waals surface area (Å²) in [5.74, 6) is 0.508. The molecule has 3 heteroatoms. The zero-order chi connectivity index (χ0) is 17.6. The lowest BCUT2D eigenvalue weighted by Gasteiger charge is -2.17. The van der Waals surface area contributed by atoms with Crippen LogP contribution in [-0.2, 0) is 4.79 Å². The molecular weight excluding hydrogens is 310 g/mol. The maximum Gasteiger partial charge on any atom is 0.265 e. The Kier molecular flexibility index (Phi) is 5.14. The number of ether oxygens (including phenoxy) is 1. The van der Waals surface area contributed by atoms with E-state index in [0.29, 0.717) is 5.75 Å². The third-order valence-electron chi connectivity index (χ3n) is 3.97. The molecule has 0 aliphatic heterocycles. The van der Waals surface area contributed by atoms with E-state index >= 15 is 0 Å². The molecule has 126 valence electrons. The number of benzene rings is 3. The highest BCUT2D eigenvalue weighted by Gasteiger charge is 2.16. The minimum Gasteiger partial charge on any atom is -0.481 e. The fourth-order valence-electron chi connectivity index (χ4n) is 2.57. The van der Waals surface area contributed by atoms with Gasteiger partial charge in [-0.3, -0.25) is 4.79 Å². The smallest absolute Gasteiger partial charge is 0.265 e. The van der Waals surface area contributed by atoms with E-state index in [1.165, 1.54) is 0 Å². The van der Waals surface area contributed by atoms with Crippen molar-refractivity contribution in [1.29, 1.82) is 0 Å². The monoisotopic (exact) mass is 331 g/mol. The Morgan fingerprint density at radius 2 is 1.52 bits per heavy atom. The first-order chi connectivity index (χ1) is 12.1. The summed E-state index contributed by atoms with van der Waals surface area (Å²) in [6.45, 7) is 3.76. The number of para-hydroxylation sites is 1. The van der Waals surface area contributed by atoms with Crippen LogP contribution in [0.3, 0.4) is 0 Å². The first kappa shape index (κ1) is 16.8. The second-order valence-electron chi connectivity index (χ2n) is 5.97. The van der Waals surface area contributed by atoms with Gasteiger partial charge in [0.05, 0.1) is 0 Å². The van der Waals surface area contributed by atoms with Crippen molar-refractivity contribution in [2.75, 3.05) is 5.32 Å². The molecular formula is C22H21NO2. The summed E-state index contributed by atoms with van der Waals surface area (Å²) >= 11 is 0. The van der Waals surface area contributed by atoms with Crippen molar-refractivity contribution >= 4 is 11.6 Å². The predicted octanol–water partition coefficient (Wildman–Crippen LogP) is 5.07. The molecule has 0 bridgehead atoms. The van der Waals surface area contributed by atoms with Gasteiger partial charge < -0.3 is 10.1 Å². The topological polar surface area (TPSA) is 38.3 Å². The zero-order valence-corrected chi connectivity index (χ0v) is 14.4. The predicted molar refractivity (Wildman–Crippen MR) is 102 cm³/mol. The normalized spacial score (nSPS) is 11.6. The second-order valence-corrected chi connectivity index (χ2v) is 5.97. The Bertz CT molecular complexity index is 841. The Hall–Kier alpha value is -3.07. The van der Waals surface area contributed by atoms with Gasteiger partial charge in [0.25, 0.3) is 5.91 Å². The summed E-state index contributed by atoms with van der Waals surface area (Å²) in [7, 11) is 0. The minimum atomic E-state index is -0.591. The maximum absolute atomic E-state index is 12.5. The third-order valence-corrected chi connectivity index (χ3v) is 3.97. The molecule has 0 saturated heterocycles. The number of hydrogen-bond donors (Lipinski definition) is 1. The summed E-state index contributed by atoms with van der Waals surface area (Å²) in [5.41, 5.74) is 3.98. The molecule has 0 unspecified atom stereocenters. The van der Waals surface area contributed by atoms with Gasteiger partial charge in [-0.1, -0.05) is 66.2 Å². The molecule has 0 fully saturated rings. The molecule has 1 N–H and O–H groups in total. The number of aryl methyl sites for hydroxylation is 1. The molecule has 0 radical (unpaired) electrons. The lowest BCUT2D eigenvalue weighted by Crippen LogP contribution is -2.30. The van der Waals surface area contributed by atoms with Gasteiger partial charge in [0.1, 0.15) is 5.75 Å². The van der Waals surface area contributed by atoms with Gasteiger partial charge in [0.15, 0.2) is 6.10 Å². The van der Waals surface area contributed by atoms with Gasteiger partial charge in [-0.15, -0.1) is 0 Å². The number of rotatable bonds is 5. The first-order valence-electron chi connectivity index (χ1n) is 8.32. The van der Waals surface area contributed by atoms with Crippen LogP contribution in [0.4, 0.5) is 5.69 Å². The van der Waals surface area contributed by atoms with Crippen molar-refractivity contribution in [2.45, 2.75) is 20.0 Å². The molecule has 3 rings (SSSR count). The highest BCUT2D eigenvalue weighted by atomic mass is 16.5. The average Bonchev–Trinajstić information content (AvgIpc) is 2.64. The van der Waals surface area contributed by atoms with E-state index in [0.717, 1.165) is 22.4 Å². The maximum atomic E-state index is 12.5. The van der Waals surface area contributed by atoms with Crippen molar-refractivity contribution in [3.8, 4) is 16.9 Å². The van der Waals surface area contributed by atoms with Crippen LogP contribution in [-0.4, -0.2) is 12.0 Å². The van der Waals surface area contributed by atoms with Gasteiger partial charge >= 0.3 is 0 Å². The first-order valence-corrected chi connectivity index (χ1v) is 8.32. The standard InChI is InChI=1S/C22H21NO2/c1-16-12-14-19(15-13-16)25-17(2)22(24)23-21-11-7-6-10-20(21)18-8-4-3-5-9-18/h3-15,17H,1-2H3,(H,23,24)/t17-/m0/s1. The SMILES string of the molecule is Cc1ccc(O[C@@H](C)C(=O)Nc2ccccc2-c2ccccc2)cc1. The van der Waals surface area contributed by atoms with Crippen LogP contribution in [0.5, 0.6) is 5.75 Å². The molecule has 0 spiro atoms. The summed E-state index contributed by atoms with van der Waals surface area (Å²) in [5, 5.41) is 2.98. The molecule has 25 heavy (non-hydrogen) atoms. The largest absolute Gasteiger partial charge is 0.481 e. The summed E-state index contributed by atoms with van der Waals surface area (Å²) < 4.78 is 5.74. The highest BCUT2D eigenvalue weighted by molar-refractivity contribution is 5.97. The van der Waals surface area contributed by atoms with Crippen molar-refractivity contribution in [1.82, 2.24) is 0 Å². The Morgan fingerprint density at radius 1 is 0.880 bits per heavy atom. The van der Waals surface area contributed by atoms with E-state index in [1.807, 2.05) is 85.8 Å². The van der Waals surface area contributed by atoms with E-state index in [1.54, 1.807) is 6.92 Å². The molecule has 0 aromatic heterocycles. The van der Waals surface area contributed by atoms with Crippen LogP contribution < -0.4 is 10.1 Å². The summed E-state index contributed by atoms with van der Waals surface area (Å²) in [4.78, 5) is 12.5. The van der Waals surface area contributed by atoms with Gasteiger partial charge in [-0.2, -0.15) is 0 Å². The second kappa shape index (κ2) is 7.67. The van der Waals surface area contributed by atoms with E-state index in [4.69, 9.17) is 4.74 Å². The molecule has 0 aliphatic carbocycles. The zero-order valence-electron chi connectivity index (χ0n) is 14.4. The van der Waals surface area contributed by atoms with E-state index in [2.05, 4.69) is 5.32 Å². The van der Waals surface area contributed by atoms with Gasteiger partial charge in [-0.25, -0.2) is 0 Å².